The molecule has 14 rings (SSSR count). The van der Waals surface area contributed by atoms with Gasteiger partial charge in [0.2, 0.25) is 0 Å². The molecule has 0 aromatic heterocycles. The van der Waals surface area contributed by atoms with Crippen molar-refractivity contribution in [2.45, 2.75) is 43.9 Å². The average molecular weight is 868 g/mol. The maximum atomic E-state index is 2.58. The van der Waals surface area contributed by atoms with Gasteiger partial charge in [0.25, 0.3) is 0 Å². The number of hydrogen-bond acceptors (Lipinski definition) is 1. The lowest BCUT2D eigenvalue weighted by Crippen LogP contribution is -2.26. The van der Waals surface area contributed by atoms with Crippen LogP contribution in [0, 0.1) is 0 Å². The maximum absolute atomic E-state index is 2.58. The van der Waals surface area contributed by atoms with E-state index in [0.29, 0.717) is 0 Å². The van der Waals surface area contributed by atoms with Crippen LogP contribution in [-0.4, -0.2) is 0 Å². The Morgan fingerprint density at radius 1 is 0.265 bits per heavy atom. The van der Waals surface area contributed by atoms with E-state index in [1.165, 1.54) is 111 Å². The molecular formula is C67H49N. The van der Waals surface area contributed by atoms with Crippen LogP contribution in [0.1, 0.15) is 72.2 Å². The van der Waals surface area contributed by atoms with Crippen molar-refractivity contribution in [2.24, 2.45) is 0 Å². The second-order valence-corrected chi connectivity index (χ2v) is 20.3. The number of anilines is 3. The van der Waals surface area contributed by atoms with E-state index in [1.54, 1.807) is 0 Å². The first-order chi connectivity index (χ1) is 33.3. The summed E-state index contributed by atoms with van der Waals surface area (Å²) < 4.78 is 0. The first kappa shape index (κ1) is 39.2. The van der Waals surface area contributed by atoms with Gasteiger partial charge in [-0.25, -0.2) is 0 Å². The molecule has 10 aromatic carbocycles. The Labute approximate surface area is 399 Å². The van der Waals surface area contributed by atoms with E-state index >= 15 is 0 Å². The highest BCUT2D eigenvalue weighted by Crippen LogP contribution is 2.64. The lowest BCUT2D eigenvalue weighted by Gasteiger charge is -2.34. The van der Waals surface area contributed by atoms with Crippen molar-refractivity contribution in [3.05, 3.63) is 269 Å². The Morgan fingerprint density at radius 3 is 1.24 bits per heavy atom. The quantitative estimate of drug-likeness (QED) is 0.167. The summed E-state index contributed by atoms with van der Waals surface area (Å²) in [5.74, 6) is 0. The summed E-state index contributed by atoms with van der Waals surface area (Å²) in [5, 5.41) is 0. The minimum atomic E-state index is -0.476. The molecule has 1 heteroatoms. The van der Waals surface area contributed by atoms with Crippen molar-refractivity contribution in [2.75, 3.05) is 4.90 Å². The summed E-state index contributed by atoms with van der Waals surface area (Å²) >= 11 is 0. The largest absolute Gasteiger partial charge is 0.309 e. The highest BCUT2D eigenvalue weighted by Gasteiger charge is 2.52. The SMILES string of the molecule is CC1(C)c2ccccc2-c2ccc(-c3ccccc3N(c3ccc4c(c3)C3(c5ccccc5-c5ccccc53)c3ccccc3-4)c3ccccc3-c3cccc4c3C(C)(C)c3ccccc3-4)cc21. The van der Waals surface area contributed by atoms with E-state index in [9.17, 15) is 0 Å². The molecule has 0 bridgehead atoms. The van der Waals surface area contributed by atoms with Gasteiger partial charge in [0, 0.05) is 27.6 Å². The van der Waals surface area contributed by atoms with Crippen LogP contribution in [0.15, 0.2) is 224 Å². The van der Waals surface area contributed by atoms with E-state index in [2.05, 4.69) is 257 Å². The van der Waals surface area contributed by atoms with Crippen LogP contribution < -0.4 is 4.90 Å². The minimum absolute atomic E-state index is 0.127. The summed E-state index contributed by atoms with van der Waals surface area (Å²) in [6, 6.07) is 85.0. The first-order valence-corrected chi connectivity index (χ1v) is 24.2. The molecule has 1 nitrogen and oxygen atoms in total. The van der Waals surface area contributed by atoms with E-state index in [0.717, 1.165) is 17.1 Å². The molecule has 10 aromatic rings. The molecule has 68 heavy (non-hydrogen) atoms. The molecule has 0 fully saturated rings. The predicted molar refractivity (Wildman–Crippen MR) is 283 cm³/mol. The molecule has 0 radical (unpaired) electrons. The van der Waals surface area contributed by atoms with Crippen molar-refractivity contribution >= 4 is 17.1 Å². The molecule has 4 aliphatic carbocycles. The van der Waals surface area contributed by atoms with Crippen LogP contribution >= 0.6 is 0 Å². The van der Waals surface area contributed by atoms with E-state index in [4.69, 9.17) is 0 Å². The summed E-state index contributed by atoms with van der Waals surface area (Å²) in [7, 11) is 0. The molecule has 0 unspecified atom stereocenters. The monoisotopic (exact) mass is 867 g/mol. The Morgan fingerprint density at radius 2 is 0.647 bits per heavy atom. The lowest BCUT2D eigenvalue weighted by molar-refractivity contribution is 0.660. The molecule has 1 spiro atoms. The Bertz CT molecular complexity index is 3700. The second-order valence-electron chi connectivity index (χ2n) is 20.3. The van der Waals surface area contributed by atoms with E-state index in [-0.39, 0.29) is 10.8 Å². The number of hydrogen-bond donors (Lipinski definition) is 0. The summed E-state index contributed by atoms with van der Waals surface area (Å²) in [4.78, 5) is 2.58. The predicted octanol–water partition coefficient (Wildman–Crippen LogP) is 17.4. The third-order valence-corrected chi connectivity index (χ3v) is 16.3. The van der Waals surface area contributed by atoms with E-state index < -0.39 is 5.41 Å². The van der Waals surface area contributed by atoms with Gasteiger partial charge in [-0.3, -0.25) is 0 Å². The number of fused-ring (bicyclic) bond motifs is 16. The van der Waals surface area contributed by atoms with Crippen molar-refractivity contribution in [1.29, 1.82) is 0 Å². The Kier molecular flexibility index (Phi) is 8.08. The van der Waals surface area contributed by atoms with Crippen molar-refractivity contribution in [1.82, 2.24) is 0 Å². The fourth-order valence-corrected chi connectivity index (χ4v) is 13.4. The van der Waals surface area contributed by atoms with Crippen LogP contribution in [-0.2, 0) is 16.2 Å². The zero-order valence-electron chi connectivity index (χ0n) is 38.8. The third kappa shape index (κ3) is 5.06. The van der Waals surface area contributed by atoms with Gasteiger partial charge in [-0.2, -0.15) is 0 Å². The van der Waals surface area contributed by atoms with Crippen molar-refractivity contribution < 1.29 is 0 Å². The van der Waals surface area contributed by atoms with Gasteiger partial charge in [-0.05, 0) is 130 Å². The van der Waals surface area contributed by atoms with Gasteiger partial charge in [-0.1, -0.05) is 222 Å². The lowest BCUT2D eigenvalue weighted by atomic mass is 9.70. The van der Waals surface area contributed by atoms with Crippen LogP contribution in [0.5, 0.6) is 0 Å². The van der Waals surface area contributed by atoms with Crippen LogP contribution in [0.2, 0.25) is 0 Å². The van der Waals surface area contributed by atoms with Gasteiger partial charge < -0.3 is 4.90 Å². The molecule has 4 aliphatic rings. The fraction of sp³-hybridized carbons (Fsp3) is 0.104. The standard InChI is InChI=1S/C67H49N/c1-65(2)55-29-12-5-21-45(55)50-38-36-42(40-60(50)65)44-20-10-17-34-62(44)68(63-35-18-11-26-52(63)54-28-19-27-53-49-25-6-13-30-56(49)66(3,4)64(53)54)43-37-39-51-48-24-9-16-33-59(48)67(61(51)41-43)57-31-14-7-22-46(57)47-23-8-15-32-58(47)67/h5-41H,1-4H3. The normalized spacial score (nSPS) is 15.1. The molecule has 0 amide bonds. The molecule has 322 valence electrons. The number of benzene rings is 10. The third-order valence-electron chi connectivity index (χ3n) is 16.3. The topological polar surface area (TPSA) is 3.24 Å². The Hall–Kier alpha value is -8.00. The fourth-order valence-electron chi connectivity index (χ4n) is 13.4. The molecule has 0 aliphatic heterocycles. The van der Waals surface area contributed by atoms with Gasteiger partial charge in [0.1, 0.15) is 0 Å². The second kappa shape index (κ2) is 14.0. The Balaban J connectivity index is 1.04. The molecular weight excluding hydrogens is 819 g/mol. The summed E-state index contributed by atoms with van der Waals surface area (Å²) in [5.41, 5.74) is 28.9. The highest BCUT2D eigenvalue weighted by molar-refractivity contribution is 6.00. The number of rotatable bonds is 5. The summed E-state index contributed by atoms with van der Waals surface area (Å²) in [6.45, 7) is 9.57. The van der Waals surface area contributed by atoms with Crippen LogP contribution in [0.4, 0.5) is 17.1 Å². The molecule has 0 heterocycles. The van der Waals surface area contributed by atoms with Crippen LogP contribution in [0.3, 0.4) is 0 Å². The minimum Gasteiger partial charge on any atom is -0.309 e. The molecule has 0 saturated carbocycles. The zero-order chi connectivity index (χ0) is 45.5. The zero-order valence-corrected chi connectivity index (χ0v) is 38.8. The van der Waals surface area contributed by atoms with Crippen LogP contribution in [0.25, 0.3) is 66.8 Å². The van der Waals surface area contributed by atoms with Gasteiger partial charge in [0.05, 0.1) is 16.8 Å². The molecule has 0 atom stereocenters. The molecule has 0 saturated heterocycles. The van der Waals surface area contributed by atoms with E-state index in [1.807, 2.05) is 0 Å². The highest BCUT2D eigenvalue weighted by atomic mass is 15.1. The maximum Gasteiger partial charge on any atom is 0.0726 e. The summed E-state index contributed by atoms with van der Waals surface area (Å²) in [6.07, 6.45) is 0. The molecule has 0 N–H and O–H groups in total. The van der Waals surface area contributed by atoms with Crippen molar-refractivity contribution in [3.8, 4) is 66.8 Å². The average Bonchev–Trinajstić information content (AvgIpc) is 4.02. The van der Waals surface area contributed by atoms with Gasteiger partial charge in [0.15, 0.2) is 0 Å². The van der Waals surface area contributed by atoms with Gasteiger partial charge in [-0.15, -0.1) is 0 Å². The smallest absolute Gasteiger partial charge is 0.0726 e. The van der Waals surface area contributed by atoms with Crippen molar-refractivity contribution in [3.63, 3.8) is 0 Å². The van der Waals surface area contributed by atoms with Gasteiger partial charge >= 0.3 is 0 Å². The first-order valence-electron chi connectivity index (χ1n) is 24.2. The number of nitrogens with zero attached hydrogens (tertiary/aromatic N) is 1. The number of para-hydroxylation sites is 2.